The van der Waals surface area contributed by atoms with Gasteiger partial charge in [0.2, 0.25) is 0 Å². The van der Waals surface area contributed by atoms with Crippen LogP contribution in [0.4, 0.5) is 4.39 Å². The summed E-state index contributed by atoms with van der Waals surface area (Å²) < 4.78 is 18.5. The number of amides is 1. The zero-order chi connectivity index (χ0) is 20.1. The van der Waals surface area contributed by atoms with E-state index in [1.54, 1.807) is 12.1 Å². The van der Waals surface area contributed by atoms with E-state index in [1.165, 1.54) is 12.1 Å². The van der Waals surface area contributed by atoms with Crippen LogP contribution in [-0.2, 0) is 6.54 Å². The molecule has 0 atom stereocenters. The SMILES string of the molecule is O=C1c2ccccc2CN1CC1CCN(CCCCOc2ccc(F)cc2)CC1. The van der Waals surface area contributed by atoms with Gasteiger partial charge in [-0.2, -0.15) is 0 Å². The molecular formula is C24H29FN2O2. The van der Waals surface area contributed by atoms with Gasteiger partial charge in [-0.05, 0) is 87.1 Å². The second-order valence-corrected chi connectivity index (χ2v) is 8.14. The number of carbonyl (C=O) groups excluding carboxylic acids is 1. The number of hydrogen-bond donors (Lipinski definition) is 0. The van der Waals surface area contributed by atoms with Gasteiger partial charge in [-0.3, -0.25) is 4.79 Å². The molecule has 154 valence electrons. The summed E-state index contributed by atoms with van der Waals surface area (Å²) in [5.41, 5.74) is 2.05. The highest BCUT2D eigenvalue weighted by atomic mass is 19.1. The second kappa shape index (κ2) is 9.40. The summed E-state index contributed by atoms with van der Waals surface area (Å²) in [6.07, 6.45) is 4.42. The lowest BCUT2D eigenvalue weighted by Crippen LogP contribution is -2.39. The van der Waals surface area contributed by atoms with Gasteiger partial charge in [0, 0.05) is 18.7 Å². The van der Waals surface area contributed by atoms with Gasteiger partial charge in [0.05, 0.1) is 6.61 Å². The van der Waals surface area contributed by atoms with E-state index in [0.29, 0.717) is 12.5 Å². The number of likely N-dealkylation sites (tertiary alicyclic amines) is 1. The summed E-state index contributed by atoms with van der Waals surface area (Å²) in [6.45, 7) is 5.63. The quantitative estimate of drug-likeness (QED) is 0.622. The number of hydrogen-bond acceptors (Lipinski definition) is 3. The van der Waals surface area contributed by atoms with Gasteiger partial charge in [-0.25, -0.2) is 4.39 Å². The van der Waals surface area contributed by atoms with Crippen molar-refractivity contribution in [3.63, 3.8) is 0 Å². The molecular weight excluding hydrogens is 367 g/mol. The van der Waals surface area contributed by atoms with Gasteiger partial charge >= 0.3 is 0 Å². The van der Waals surface area contributed by atoms with Gasteiger partial charge in [-0.15, -0.1) is 0 Å². The normalized spacial score (nSPS) is 17.6. The fraction of sp³-hybridized carbons (Fsp3) is 0.458. The molecule has 2 aliphatic heterocycles. The molecule has 0 N–H and O–H groups in total. The van der Waals surface area contributed by atoms with Crippen LogP contribution in [0.3, 0.4) is 0 Å². The molecule has 0 unspecified atom stereocenters. The third-order valence-corrected chi connectivity index (χ3v) is 6.03. The number of rotatable bonds is 8. The van der Waals surface area contributed by atoms with Gasteiger partial charge in [0.1, 0.15) is 11.6 Å². The monoisotopic (exact) mass is 396 g/mol. The summed E-state index contributed by atoms with van der Waals surface area (Å²) in [4.78, 5) is 17.1. The Kier molecular flexibility index (Phi) is 6.45. The maximum absolute atomic E-state index is 12.9. The van der Waals surface area contributed by atoms with Crippen molar-refractivity contribution >= 4 is 5.91 Å². The molecule has 1 fully saturated rings. The Bertz CT molecular complexity index is 816. The van der Waals surface area contributed by atoms with E-state index in [0.717, 1.165) is 75.3 Å². The van der Waals surface area contributed by atoms with Crippen LogP contribution in [0.15, 0.2) is 48.5 Å². The number of ether oxygens (including phenoxy) is 1. The fourth-order valence-electron chi connectivity index (χ4n) is 4.32. The van der Waals surface area contributed by atoms with Crippen LogP contribution >= 0.6 is 0 Å². The molecule has 0 spiro atoms. The zero-order valence-electron chi connectivity index (χ0n) is 16.9. The molecule has 2 heterocycles. The van der Waals surface area contributed by atoms with Crippen molar-refractivity contribution in [3.8, 4) is 5.75 Å². The maximum atomic E-state index is 12.9. The first kappa shape index (κ1) is 19.9. The Hall–Kier alpha value is -2.40. The Morgan fingerprint density at radius 2 is 1.76 bits per heavy atom. The molecule has 4 rings (SSSR count). The van der Waals surface area contributed by atoms with Crippen molar-refractivity contribution in [2.24, 2.45) is 5.92 Å². The molecule has 1 amide bonds. The molecule has 29 heavy (non-hydrogen) atoms. The smallest absolute Gasteiger partial charge is 0.254 e. The topological polar surface area (TPSA) is 32.8 Å². The molecule has 0 saturated carbocycles. The lowest BCUT2D eigenvalue weighted by atomic mass is 9.96. The van der Waals surface area contributed by atoms with E-state index >= 15 is 0 Å². The zero-order valence-corrected chi connectivity index (χ0v) is 16.9. The minimum absolute atomic E-state index is 0.198. The predicted octanol–water partition coefficient (Wildman–Crippen LogP) is 4.35. The first-order chi connectivity index (χ1) is 14.2. The molecule has 1 saturated heterocycles. The predicted molar refractivity (Wildman–Crippen MR) is 111 cm³/mol. The molecule has 0 aliphatic carbocycles. The van der Waals surface area contributed by atoms with Crippen LogP contribution in [-0.4, -0.2) is 48.5 Å². The highest BCUT2D eigenvalue weighted by Crippen LogP contribution is 2.26. The van der Waals surface area contributed by atoms with Crippen molar-refractivity contribution in [1.29, 1.82) is 0 Å². The maximum Gasteiger partial charge on any atom is 0.254 e. The summed E-state index contributed by atoms with van der Waals surface area (Å²) in [5.74, 6) is 1.29. The first-order valence-corrected chi connectivity index (χ1v) is 10.7. The Morgan fingerprint density at radius 1 is 1.00 bits per heavy atom. The minimum Gasteiger partial charge on any atom is -0.494 e. The van der Waals surface area contributed by atoms with Crippen LogP contribution in [0.2, 0.25) is 0 Å². The standard InChI is InChI=1S/C24H29FN2O2/c25-21-7-9-22(10-8-21)29-16-4-3-13-26-14-11-19(12-15-26)17-27-18-20-5-1-2-6-23(20)24(27)28/h1-2,5-10,19H,3-4,11-18H2. The molecule has 2 aromatic carbocycles. The Balaban J connectivity index is 1.11. The third-order valence-electron chi connectivity index (χ3n) is 6.03. The lowest BCUT2D eigenvalue weighted by molar-refractivity contribution is 0.0713. The van der Waals surface area contributed by atoms with E-state index < -0.39 is 0 Å². The third kappa shape index (κ3) is 5.15. The molecule has 2 aliphatic rings. The average molecular weight is 397 g/mol. The fourth-order valence-corrected chi connectivity index (χ4v) is 4.32. The van der Waals surface area contributed by atoms with Crippen LogP contribution in [0.25, 0.3) is 0 Å². The average Bonchev–Trinajstić information content (AvgIpc) is 3.06. The molecule has 0 aromatic heterocycles. The first-order valence-electron chi connectivity index (χ1n) is 10.7. The number of carbonyl (C=O) groups is 1. The number of halogens is 1. The number of piperidine rings is 1. The second-order valence-electron chi connectivity index (χ2n) is 8.14. The summed E-state index contributed by atoms with van der Waals surface area (Å²) in [5, 5.41) is 0. The number of fused-ring (bicyclic) bond motifs is 1. The Morgan fingerprint density at radius 3 is 2.52 bits per heavy atom. The van der Waals surface area contributed by atoms with Crippen molar-refractivity contribution in [3.05, 3.63) is 65.5 Å². The van der Waals surface area contributed by atoms with Gasteiger partial charge in [0.25, 0.3) is 5.91 Å². The molecule has 0 bridgehead atoms. The van der Waals surface area contributed by atoms with Crippen molar-refractivity contribution in [2.45, 2.75) is 32.2 Å². The van der Waals surface area contributed by atoms with E-state index in [9.17, 15) is 9.18 Å². The molecule has 0 radical (unpaired) electrons. The van der Waals surface area contributed by atoms with E-state index in [4.69, 9.17) is 4.74 Å². The summed E-state index contributed by atoms with van der Waals surface area (Å²) >= 11 is 0. The van der Waals surface area contributed by atoms with Gasteiger partial charge in [-0.1, -0.05) is 18.2 Å². The van der Waals surface area contributed by atoms with Crippen molar-refractivity contribution in [2.75, 3.05) is 32.8 Å². The summed E-state index contributed by atoms with van der Waals surface area (Å²) in [6, 6.07) is 14.2. The lowest BCUT2D eigenvalue weighted by Gasteiger charge is -2.33. The van der Waals surface area contributed by atoms with Crippen molar-refractivity contribution < 1.29 is 13.9 Å². The van der Waals surface area contributed by atoms with Crippen molar-refractivity contribution in [1.82, 2.24) is 9.80 Å². The number of unbranched alkanes of at least 4 members (excludes halogenated alkanes) is 1. The van der Waals surface area contributed by atoms with Crippen LogP contribution < -0.4 is 4.74 Å². The minimum atomic E-state index is -0.237. The van der Waals surface area contributed by atoms with Crippen LogP contribution in [0, 0.1) is 11.7 Å². The molecule has 4 nitrogen and oxygen atoms in total. The number of nitrogens with zero attached hydrogens (tertiary/aromatic N) is 2. The van der Waals surface area contributed by atoms with E-state index in [2.05, 4.69) is 11.0 Å². The highest BCUT2D eigenvalue weighted by molar-refractivity contribution is 5.98. The highest BCUT2D eigenvalue weighted by Gasteiger charge is 2.29. The number of benzene rings is 2. The van der Waals surface area contributed by atoms with E-state index in [-0.39, 0.29) is 11.7 Å². The van der Waals surface area contributed by atoms with Crippen LogP contribution in [0.5, 0.6) is 5.75 Å². The van der Waals surface area contributed by atoms with E-state index in [1.807, 2.05) is 23.1 Å². The van der Waals surface area contributed by atoms with Crippen LogP contribution in [0.1, 0.15) is 41.6 Å². The largest absolute Gasteiger partial charge is 0.494 e. The van der Waals surface area contributed by atoms with Gasteiger partial charge < -0.3 is 14.5 Å². The Labute approximate surface area is 172 Å². The van der Waals surface area contributed by atoms with Gasteiger partial charge in [0.15, 0.2) is 0 Å². The summed E-state index contributed by atoms with van der Waals surface area (Å²) in [7, 11) is 0. The molecule has 2 aromatic rings. The molecule has 5 heteroatoms.